The highest BCUT2D eigenvalue weighted by Gasteiger charge is 2.42. The van der Waals surface area contributed by atoms with E-state index in [2.05, 4.69) is 64.8 Å². The van der Waals surface area contributed by atoms with Gasteiger partial charge in [0.15, 0.2) is 0 Å². The molecule has 0 unspecified atom stereocenters. The monoisotopic (exact) mass is 498 g/mol. The number of fused-ring (bicyclic) bond motifs is 1. The van der Waals surface area contributed by atoms with Crippen LogP contribution in [0.2, 0.25) is 0 Å². The molecule has 0 aromatic heterocycles. The van der Waals surface area contributed by atoms with Crippen LogP contribution in [0.4, 0.5) is 0 Å². The molecule has 37 heavy (non-hydrogen) atoms. The van der Waals surface area contributed by atoms with Gasteiger partial charge in [0.2, 0.25) is 5.91 Å². The van der Waals surface area contributed by atoms with Crippen LogP contribution in [-0.4, -0.2) is 43.5 Å². The van der Waals surface area contributed by atoms with Crippen molar-refractivity contribution < 1.29 is 14.3 Å². The summed E-state index contributed by atoms with van der Waals surface area (Å²) in [5.74, 6) is 0.249. The Morgan fingerprint density at radius 3 is 2.38 bits per heavy atom. The molecule has 3 aromatic carbocycles. The number of carbonyl (C=O) groups is 2. The smallest absolute Gasteiger partial charge is 0.312 e. The largest absolute Gasteiger partial charge is 0.469 e. The number of amides is 1. The minimum atomic E-state index is -0.472. The third kappa shape index (κ3) is 5.72. The Morgan fingerprint density at radius 2 is 1.68 bits per heavy atom. The second-order valence-electron chi connectivity index (χ2n) is 10.8. The zero-order valence-corrected chi connectivity index (χ0v) is 21.8. The zero-order chi connectivity index (χ0) is 25.7. The SMILES string of the molecule is COC(=O)C1(Cc2ccccc2)CCN(CC[C@H](NC(=O)C2CCC2)c2cccc3ccccc23)CC1. The number of esters is 1. The quantitative estimate of drug-likeness (QED) is 0.385. The first-order valence-electron chi connectivity index (χ1n) is 13.7. The molecule has 1 amide bonds. The summed E-state index contributed by atoms with van der Waals surface area (Å²) in [5.41, 5.74) is 1.90. The number of methoxy groups -OCH3 is 1. The summed E-state index contributed by atoms with van der Waals surface area (Å²) >= 11 is 0. The number of likely N-dealkylation sites (tertiary alicyclic amines) is 1. The maximum absolute atomic E-state index is 13.0. The van der Waals surface area contributed by atoms with Crippen LogP contribution in [0.15, 0.2) is 72.8 Å². The Balaban J connectivity index is 1.28. The number of hydrogen-bond acceptors (Lipinski definition) is 4. The molecule has 1 aliphatic carbocycles. The molecule has 0 spiro atoms. The first-order chi connectivity index (χ1) is 18.1. The third-order valence-electron chi connectivity index (χ3n) is 8.54. The molecule has 5 nitrogen and oxygen atoms in total. The molecule has 1 heterocycles. The fourth-order valence-corrected chi connectivity index (χ4v) is 5.99. The van der Waals surface area contributed by atoms with Gasteiger partial charge in [0.25, 0.3) is 0 Å². The van der Waals surface area contributed by atoms with Crippen molar-refractivity contribution in [2.45, 2.75) is 51.0 Å². The molecule has 1 atom stereocenters. The van der Waals surface area contributed by atoms with Crippen LogP contribution in [0.3, 0.4) is 0 Å². The van der Waals surface area contributed by atoms with Crippen molar-refractivity contribution in [3.8, 4) is 0 Å². The average Bonchev–Trinajstić information content (AvgIpc) is 2.90. The first-order valence-corrected chi connectivity index (χ1v) is 13.7. The van der Waals surface area contributed by atoms with Crippen molar-refractivity contribution in [1.29, 1.82) is 0 Å². The Kier molecular flexibility index (Phi) is 7.90. The van der Waals surface area contributed by atoms with Crippen LogP contribution < -0.4 is 5.32 Å². The molecule has 194 valence electrons. The Labute approximate surface area is 220 Å². The third-order valence-corrected chi connectivity index (χ3v) is 8.54. The molecule has 5 heteroatoms. The normalized spacial score (nSPS) is 18.6. The summed E-state index contributed by atoms with van der Waals surface area (Å²) in [4.78, 5) is 28.3. The molecule has 1 N–H and O–H groups in total. The predicted octanol–water partition coefficient (Wildman–Crippen LogP) is 5.69. The van der Waals surface area contributed by atoms with E-state index in [9.17, 15) is 9.59 Å². The van der Waals surface area contributed by atoms with E-state index in [1.165, 1.54) is 29.0 Å². The molecule has 5 rings (SSSR count). The Morgan fingerprint density at radius 1 is 0.973 bits per heavy atom. The fraction of sp³-hybridized carbons (Fsp3) is 0.438. The number of hydrogen-bond donors (Lipinski definition) is 1. The van der Waals surface area contributed by atoms with E-state index in [-0.39, 0.29) is 23.8 Å². The van der Waals surface area contributed by atoms with Gasteiger partial charge in [-0.05, 0) is 73.5 Å². The molecular formula is C32H38N2O3. The van der Waals surface area contributed by atoms with E-state index < -0.39 is 5.41 Å². The lowest BCUT2D eigenvalue weighted by molar-refractivity contribution is -0.156. The van der Waals surface area contributed by atoms with Crippen LogP contribution in [-0.2, 0) is 20.7 Å². The lowest BCUT2D eigenvalue weighted by Gasteiger charge is -2.40. The van der Waals surface area contributed by atoms with Crippen LogP contribution in [0, 0.1) is 11.3 Å². The topological polar surface area (TPSA) is 58.6 Å². The molecule has 2 aliphatic rings. The molecule has 1 aliphatic heterocycles. The van der Waals surface area contributed by atoms with Crippen LogP contribution in [0.25, 0.3) is 10.8 Å². The molecule has 0 radical (unpaired) electrons. The highest BCUT2D eigenvalue weighted by Crippen LogP contribution is 2.37. The Hall–Kier alpha value is -3.18. The summed E-state index contributed by atoms with van der Waals surface area (Å²) in [5, 5.41) is 5.81. The number of benzene rings is 3. The van der Waals surface area contributed by atoms with Gasteiger partial charge in [-0.1, -0.05) is 79.2 Å². The van der Waals surface area contributed by atoms with E-state index in [4.69, 9.17) is 4.74 Å². The van der Waals surface area contributed by atoms with Crippen molar-refractivity contribution >= 4 is 22.6 Å². The second kappa shape index (κ2) is 11.5. The van der Waals surface area contributed by atoms with Gasteiger partial charge >= 0.3 is 5.97 Å². The minimum absolute atomic E-state index is 0.0317. The van der Waals surface area contributed by atoms with Crippen molar-refractivity contribution in [3.63, 3.8) is 0 Å². The van der Waals surface area contributed by atoms with Crippen LogP contribution in [0.5, 0.6) is 0 Å². The molecule has 3 aromatic rings. The lowest BCUT2D eigenvalue weighted by Crippen LogP contribution is -2.47. The second-order valence-corrected chi connectivity index (χ2v) is 10.8. The number of piperidine rings is 1. The summed E-state index contributed by atoms with van der Waals surface area (Å²) in [7, 11) is 1.50. The van der Waals surface area contributed by atoms with Gasteiger partial charge in [-0.3, -0.25) is 9.59 Å². The maximum Gasteiger partial charge on any atom is 0.312 e. The highest BCUT2D eigenvalue weighted by atomic mass is 16.5. The molecule has 0 bridgehead atoms. The van der Waals surface area contributed by atoms with Gasteiger partial charge in [0.1, 0.15) is 0 Å². The van der Waals surface area contributed by atoms with Gasteiger partial charge < -0.3 is 15.0 Å². The molecule has 1 saturated carbocycles. The van der Waals surface area contributed by atoms with Gasteiger partial charge in [-0.15, -0.1) is 0 Å². The Bertz CT molecular complexity index is 1210. The average molecular weight is 499 g/mol. The van der Waals surface area contributed by atoms with Crippen molar-refractivity contribution in [2.75, 3.05) is 26.7 Å². The molecular weight excluding hydrogens is 460 g/mol. The van der Waals surface area contributed by atoms with Gasteiger partial charge in [-0.25, -0.2) is 0 Å². The minimum Gasteiger partial charge on any atom is -0.469 e. The maximum atomic E-state index is 13.0. The van der Waals surface area contributed by atoms with Crippen molar-refractivity contribution in [3.05, 3.63) is 83.9 Å². The van der Waals surface area contributed by atoms with Crippen molar-refractivity contribution in [2.24, 2.45) is 11.3 Å². The molecule has 1 saturated heterocycles. The van der Waals surface area contributed by atoms with Gasteiger partial charge in [0, 0.05) is 12.5 Å². The van der Waals surface area contributed by atoms with E-state index in [0.717, 1.165) is 58.2 Å². The van der Waals surface area contributed by atoms with E-state index >= 15 is 0 Å². The number of nitrogens with one attached hydrogen (secondary N) is 1. The number of ether oxygens (including phenoxy) is 1. The summed E-state index contributed by atoms with van der Waals surface area (Å²) in [6.07, 6.45) is 6.26. The van der Waals surface area contributed by atoms with E-state index in [1.807, 2.05) is 18.2 Å². The number of rotatable bonds is 9. The number of carbonyl (C=O) groups excluding carboxylic acids is 2. The van der Waals surface area contributed by atoms with Crippen LogP contribution >= 0.6 is 0 Å². The first kappa shape index (κ1) is 25.5. The zero-order valence-electron chi connectivity index (χ0n) is 21.8. The summed E-state index contributed by atoms with van der Waals surface area (Å²) in [6.45, 7) is 2.57. The fourth-order valence-electron chi connectivity index (χ4n) is 5.99. The van der Waals surface area contributed by atoms with Crippen LogP contribution in [0.1, 0.15) is 55.7 Å². The van der Waals surface area contributed by atoms with Crippen molar-refractivity contribution in [1.82, 2.24) is 10.2 Å². The summed E-state index contributed by atoms with van der Waals surface area (Å²) in [6, 6.07) is 25.0. The summed E-state index contributed by atoms with van der Waals surface area (Å²) < 4.78 is 5.27. The lowest BCUT2D eigenvalue weighted by atomic mass is 9.73. The highest BCUT2D eigenvalue weighted by molar-refractivity contribution is 5.87. The molecule has 2 fully saturated rings. The van der Waals surface area contributed by atoms with E-state index in [0.29, 0.717) is 6.42 Å². The van der Waals surface area contributed by atoms with Gasteiger partial charge in [-0.2, -0.15) is 0 Å². The number of nitrogens with zero attached hydrogens (tertiary/aromatic N) is 1. The standard InChI is InChI=1S/C32H38N2O3/c1-37-31(36)32(23-24-9-3-2-4-10-24)18-21-34(22-19-32)20-17-29(33-30(35)26-13-7-14-26)28-16-8-12-25-11-5-6-15-27(25)28/h2-6,8-12,15-16,26,29H,7,13-14,17-23H2,1H3,(H,33,35)/t29-/m0/s1. The predicted molar refractivity (Wildman–Crippen MR) is 147 cm³/mol. The van der Waals surface area contributed by atoms with E-state index in [1.54, 1.807) is 0 Å². The van der Waals surface area contributed by atoms with Gasteiger partial charge in [0.05, 0.1) is 18.6 Å².